The van der Waals surface area contributed by atoms with Gasteiger partial charge in [-0.1, -0.05) is 0 Å². The van der Waals surface area contributed by atoms with Gasteiger partial charge in [-0.25, -0.2) is 19.2 Å². The van der Waals surface area contributed by atoms with E-state index >= 15 is 0 Å². The third-order valence-electron chi connectivity index (χ3n) is 3.81. The quantitative estimate of drug-likeness (QED) is 0.245. The highest BCUT2D eigenvalue weighted by atomic mass is 32.2. The van der Waals surface area contributed by atoms with Crippen LogP contribution in [0.4, 0.5) is 23.2 Å². The fourth-order valence-corrected chi connectivity index (χ4v) is 2.90. The molecule has 0 aliphatic carbocycles. The van der Waals surface area contributed by atoms with Gasteiger partial charge in [0, 0.05) is 31.1 Å². The first-order valence-electron chi connectivity index (χ1n) is 7.27. The predicted octanol–water partition coefficient (Wildman–Crippen LogP) is 2.66. The number of halogens is 4. The van der Waals surface area contributed by atoms with E-state index in [-0.39, 0.29) is 5.69 Å². The van der Waals surface area contributed by atoms with Crippen molar-refractivity contribution in [1.29, 1.82) is 0 Å². The van der Waals surface area contributed by atoms with Crippen LogP contribution in [0.3, 0.4) is 0 Å². The molecule has 0 saturated carbocycles. The van der Waals surface area contributed by atoms with Crippen LogP contribution >= 0.6 is 12.1 Å². The van der Waals surface area contributed by atoms with Crippen molar-refractivity contribution in [1.82, 2.24) is 9.79 Å². The lowest BCUT2D eigenvalue weighted by atomic mass is 9.93. The van der Waals surface area contributed by atoms with Gasteiger partial charge in [-0.05, 0) is 31.0 Å². The van der Waals surface area contributed by atoms with Crippen LogP contribution in [0.5, 0.6) is 0 Å². The Kier molecular flexibility index (Phi) is 6.38. The van der Waals surface area contributed by atoms with E-state index in [1.165, 1.54) is 0 Å². The van der Waals surface area contributed by atoms with E-state index in [9.17, 15) is 22.4 Å². The van der Waals surface area contributed by atoms with Gasteiger partial charge >= 0.3 is 6.18 Å². The van der Waals surface area contributed by atoms with Gasteiger partial charge in [-0.15, -0.1) is 0 Å². The predicted molar refractivity (Wildman–Crippen MR) is 84.5 cm³/mol. The Hall–Kier alpha value is -1.69. The number of amidine groups is 1. The van der Waals surface area contributed by atoms with E-state index in [1.807, 2.05) is 4.31 Å². The number of alkyl halides is 3. The molecule has 1 saturated heterocycles. The van der Waals surface area contributed by atoms with Gasteiger partial charge in [0.2, 0.25) is 5.78 Å². The van der Waals surface area contributed by atoms with Crippen molar-refractivity contribution < 1.29 is 27.6 Å². The summed E-state index contributed by atoms with van der Waals surface area (Å²) in [6, 6.07) is 2.08. The summed E-state index contributed by atoms with van der Waals surface area (Å²) >= 11 is 1.07. The van der Waals surface area contributed by atoms with Crippen molar-refractivity contribution in [2.45, 2.75) is 19.0 Å². The maximum absolute atomic E-state index is 13.3. The number of hydrogen-bond acceptors (Lipinski definition) is 6. The zero-order chi connectivity index (χ0) is 18.6. The van der Waals surface area contributed by atoms with E-state index < -0.39 is 35.1 Å². The first kappa shape index (κ1) is 19.6. The Morgan fingerprint density at radius 3 is 2.52 bits per heavy atom. The molecule has 0 radical (unpaired) electrons. The lowest BCUT2D eigenvalue weighted by molar-refractivity contribution is -0.139. The maximum Gasteiger partial charge on any atom is 0.419 e. The smallest absolute Gasteiger partial charge is 0.290 e. The second kappa shape index (κ2) is 8.13. The molecule has 0 unspecified atom stereocenters. The number of hydroxylamine groups is 1. The van der Waals surface area contributed by atoms with Crippen LogP contribution in [-0.4, -0.2) is 34.2 Å². The van der Waals surface area contributed by atoms with Crippen molar-refractivity contribution in [2.24, 2.45) is 16.0 Å². The normalized spacial score (nSPS) is 17.6. The summed E-state index contributed by atoms with van der Waals surface area (Å²) in [5.74, 6) is -2.90. The number of Topliss-reactive ketones (excluding diaryl/α,β-unsaturated/α-hetero) is 1. The van der Waals surface area contributed by atoms with Crippen LogP contribution in [0.15, 0.2) is 23.2 Å². The maximum atomic E-state index is 13.3. The van der Waals surface area contributed by atoms with E-state index in [1.54, 1.807) is 5.48 Å². The third-order valence-corrected chi connectivity index (χ3v) is 4.47. The van der Waals surface area contributed by atoms with Gasteiger partial charge in [-0.2, -0.15) is 13.2 Å². The lowest BCUT2D eigenvalue weighted by Crippen LogP contribution is -2.39. The SMILES string of the molecule is NSN1CCC(C(=O)C(=Nc2ccc(F)c(C(F)(F)F)c2)NO)CC1. The molecule has 1 aromatic carbocycles. The molecule has 1 aliphatic heterocycles. The number of nitrogens with two attached hydrogens (primary N) is 1. The molecule has 1 fully saturated rings. The minimum Gasteiger partial charge on any atom is -0.290 e. The zero-order valence-electron chi connectivity index (χ0n) is 12.9. The van der Waals surface area contributed by atoms with Crippen molar-refractivity contribution in [3.63, 3.8) is 0 Å². The molecule has 25 heavy (non-hydrogen) atoms. The van der Waals surface area contributed by atoms with Crippen LogP contribution < -0.4 is 10.6 Å². The Bertz CT molecular complexity index is 661. The van der Waals surface area contributed by atoms with Crippen LogP contribution in [0.25, 0.3) is 0 Å². The van der Waals surface area contributed by atoms with Crippen LogP contribution in [-0.2, 0) is 11.0 Å². The molecule has 11 heteroatoms. The molecular weight excluding hydrogens is 364 g/mol. The monoisotopic (exact) mass is 380 g/mol. The number of aliphatic imine (C=N–C) groups is 1. The molecule has 0 bridgehead atoms. The largest absolute Gasteiger partial charge is 0.419 e. The van der Waals surface area contributed by atoms with Gasteiger partial charge < -0.3 is 0 Å². The highest BCUT2D eigenvalue weighted by Crippen LogP contribution is 2.33. The third kappa shape index (κ3) is 4.91. The molecule has 0 amide bonds. The number of carbonyl (C=O) groups excluding carboxylic acids is 1. The highest BCUT2D eigenvalue weighted by molar-refractivity contribution is 7.94. The average Bonchev–Trinajstić information content (AvgIpc) is 2.59. The number of rotatable bonds is 4. The lowest BCUT2D eigenvalue weighted by Gasteiger charge is -2.28. The molecule has 138 valence electrons. The number of ketones is 1. The minimum absolute atomic E-state index is 0.298. The fourth-order valence-electron chi connectivity index (χ4n) is 2.48. The van der Waals surface area contributed by atoms with Crippen LogP contribution in [0.1, 0.15) is 18.4 Å². The van der Waals surface area contributed by atoms with Gasteiger partial charge in [0.1, 0.15) is 5.82 Å². The number of hydrogen-bond donors (Lipinski definition) is 3. The standard InChI is InChI=1S/C14H16F4N4O2S/c15-11-2-1-9(7-10(11)14(16,17)18)20-13(21-24)12(23)8-3-5-22(25-19)6-4-8/h1-2,7-8,24H,3-6,19H2,(H,20,21). The van der Waals surface area contributed by atoms with E-state index in [0.717, 1.165) is 18.2 Å². The van der Waals surface area contributed by atoms with Crippen molar-refractivity contribution in [2.75, 3.05) is 13.1 Å². The average molecular weight is 380 g/mol. The first-order valence-corrected chi connectivity index (χ1v) is 8.11. The Morgan fingerprint density at radius 1 is 1.36 bits per heavy atom. The van der Waals surface area contributed by atoms with Gasteiger partial charge in [-0.3, -0.25) is 15.1 Å². The summed E-state index contributed by atoms with van der Waals surface area (Å²) in [4.78, 5) is 16.1. The molecule has 2 rings (SSSR count). The van der Waals surface area contributed by atoms with Gasteiger partial charge in [0.25, 0.3) is 0 Å². The number of benzene rings is 1. The molecule has 0 spiro atoms. The summed E-state index contributed by atoms with van der Waals surface area (Å²) in [7, 11) is 0. The molecule has 1 aliphatic rings. The van der Waals surface area contributed by atoms with E-state index in [4.69, 9.17) is 10.3 Å². The zero-order valence-corrected chi connectivity index (χ0v) is 13.7. The second-order valence-electron chi connectivity index (χ2n) is 5.41. The minimum atomic E-state index is -4.89. The Balaban J connectivity index is 2.21. The number of carbonyl (C=O) groups is 1. The summed E-state index contributed by atoms with van der Waals surface area (Å²) < 4.78 is 53.3. The molecular formula is C14H16F4N4O2S. The second-order valence-corrected chi connectivity index (χ2v) is 6.13. The Morgan fingerprint density at radius 2 is 2.00 bits per heavy atom. The van der Waals surface area contributed by atoms with Crippen LogP contribution in [0.2, 0.25) is 0 Å². The molecule has 1 aromatic rings. The molecule has 6 nitrogen and oxygen atoms in total. The van der Waals surface area contributed by atoms with Crippen molar-refractivity contribution >= 4 is 29.4 Å². The summed E-state index contributed by atoms with van der Waals surface area (Å²) in [5, 5.41) is 14.6. The first-order chi connectivity index (χ1) is 11.8. The van der Waals surface area contributed by atoms with Crippen molar-refractivity contribution in [3.8, 4) is 0 Å². The number of nitrogens with one attached hydrogen (secondary N) is 1. The van der Waals surface area contributed by atoms with E-state index in [0.29, 0.717) is 38.1 Å². The summed E-state index contributed by atoms with van der Waals surface area (Å²) in [6.45, 7) is 1.12. The number of piperidine rings is 1. The Labute approximate surface area is 145 Å². The number of nitrogens with zero attached hydrogens (tertiary/aromatic N) is 2. The van der Waals surface area contributed by atoms with Crippen LogP contribution in [0, 0.1) is 11.7 Å². The van der Waals surface area contributed by atoms with E-state index in [2.05, 4.69) is 4.99 Å². The fraction of sp³-hybridized carbons (Fsp3) is 0.429. The molecule has 1 heterocycles. The topological polar surface area (TPSA) is 91.0 Å². The molecule has 0 atom stereocenters. The highest BCUT2D eigenvalue weighted by Gasteiger charge is 2.34. The van der Waals surface area contributed by atoms with Gasteiger partial charge in [0.05, 0.1) is 11.3 Å². The molecule has 4 N–H and O–H groups in total. The van der Waals surface area contributed by atoms with Gasteiger partial charge in [0.15, 0.2) is 5.84 Å². The molecule has 0 aromatic heterocycles. The summed E-state index contributed by atoms with van der Waals surface area (Å²) in [6.07, 6.45) is -3.94. The van der Waals surface area contributed by atoms with Crippen molar-refractivity contribution in [3.05, 3.63) is 29.6 Å². The summed E-state index contributed by atoms with van der Waals surface area (Å²) in [5.41, 5.74) is -0.164.